The monoisotopic (exact) mass is 259 g/mol. The maximum atomic E-state index is 8.46. The fourth-order valence-corrected chi connectivity index (χ4v) is 1.58. The average molecular weight is 261 g/mol. The second kappa shape index (κ2) is 4.56. The Hall–Kier alpha value is -0.630. The fraction of sp³-hybridized carbons (Fsp3) is 0.250. The van der Waals surface area contributed by atoms with Crippen molar-refractivity contribution < 1.29 is 0 Å². The molecule has 0 spiro atoms. The van der Waals surface area contributed by atoms with Crippen LogP contribution in [0.25, 0.3) is 0 Å². The van der Waals surface area contributed by atoms with E-state index in [0.717, 1.165) is 5.56 Å². The molecule has 0 aromatic carbocycles. The van der Waals surface area contributed by atoms with E-state index in [-0.39, 0.29) is 12.5 Å². The summed E-state index contributed by atoms with van der Waals surface area (Å²) in [6.45, 7) is 0. The Morgan fingerprint density at radius 1 is 1.77 bits per heavy atom. The quantitative estimate of drug-likeness (QED) is 0.831. The van der Waals surface area contributed by atoms with Gasteiger partial charge in [-0.3, -0.25) is 0 Å². The third-order valence-corrected chi connectivity index (χ3v) is 2.41. The molecule has 0 aliphatic rings. The van der Waals surface area contributed by atoms with Crippen LogP contribution in [0, 0.1) is 11.3 Å². The van der Waals surface area contributed by atoms with Crippen molar-refractivity contribution in [3.63, 3.8) is 0 Å². The van der Waals surface area contributed by atoms with E-state index in [2.05, 4.69) is 20.9 Å². The van der Waals surface area contributed by atoms with Gasteiger partial charge in [-0.05, 0) is 22.0 Å². The van der Waals surface area contributed by atoms with Crippen LogP contribution >= 0.6 is 27.5 Å². The molecule has 0 saturated heterocycles. The molecule has 68 valence electrons. The summed E-state index contributed by atoms with van der Waals surface area (Å²) in [4.78, 5) is 3.98. The van der Waals surface area contributed by atoms with Gasteiger partial charge in [-0.2, -0.15) is 5.26 Å². The van der Waals surface area contributed by atoms with Crippen molar-refractivity contribution in [1.29, 1.82) is 5.26 Å². The molecule has 0 fully saturated rings. The van der Waals surface area contributed by atoms with Crippen LogP contribution < -0.4 is 5.73 Å². The second-order valence-corrected chi connectivity index (χ2v) is 3.69. The SMILES string of the molecule is N#CCC(N)c1cc(Cl)cnc1Br. The summed E-state index contributed by atoms with van der Waals surface area (Å²) in [6.07, 6.45) is 1.77. The predicted octanol–water partition coefficient (Wildman–Crippen LogP) is 2.41. The number of pyridine rings is 1. The molecule has 5 heteroatoms. The average Bonchev–Trinajstić information content (AvgIpc) is 2.09. The van der Waals surface area contributed by atoms with Gasteiger partial charge >= 0.3 is 0 Å². The number of halogens is 2. The molecule has 0 aliphatic heterocycles. The van der Waals surface area contributed by atoms with Crippen LogP contribution in [0.5, 0.6) is 0 Å². The highest BCUT2D eigenvalue weighted by Crippen LogP contribution is 2.24. The topological polar surface area (TPSA) is 62.7 Å². The molecule has 1 rings (SSSR count). The van der Waals surface area contributed by atoms with Crippen LogP contribution in [0.1, 0.15) is 18.0 Å². The van der Waals surface area contributed by atoms with Crippen molar-refractivity contribution in [2.24, 2.45) is 5.73 Å². The summed E-state index contributed by atoms with van der Waals surface area (Å²) in [7, 11) is 0. The van der Waals surface area contributed by atoms with Crippen molar-refractivity contribution in [3.8, 4) is 6.07 Å². The molecular formula is C8H7BrClN3. The standard InChI is InChI=1S/C8H7BrClN3/c9-8-6(7(12)1-2-11)3-5(10)4-13-8/h3-4,7H,1,12H2. The molecule has 0 saturated carbocycles. The van der Waals surface area contributed by atoms with Crippen molar-refractivity contribution in [3.05, 3.63) is 27.5 Å². The van der Waals surface area contributed by atoms with E-state index in [9.17, 15) is 0 Å². The highest BCUT2D eigenvalue weighted by molar-refractivity contribution is 9.10. The third-order valence-electron chi connectivity index (χ3n) is 1.54. The lowest BCUT2D eigenvalue weighted by molar-refractivity contribution is 0.738. The van der Waals surface area contributed by atoms with Gasteiger partial charge in [0.1, 0.15) is 4.60 Å². The van der Waals surface area contributed by atoms with Crippen molar-refractivity contribution in [2.75, 3.05) is 0 Å². The minimum Gasteiger partial charge on any atom is -0.323 e. The summed E-state index contributed by atoms with van der Waals surface area (Å²) in [6, 6.07) is 3.36. The molecule has 1 aromatic rings. The van der Waals surface area contributed by atoms with Crippen LogP contribution in [0.3, 0.4) is 0 Å². The first-order valence-corrected chi connectivity index (χ1v) is 4.75. The molecule has 2 N–H and O–H groups in total. The molecule has 1 unspecified atom stereocenters. The lowest BCUT2D eigenvalue weighted by Crippen LogP contribution is -2.10. The third kappa shape index (κ3) is 2.66. The van der Waals surface area contributed by atoms with Gasteiger partial charge in [0.25, 0.3) is 0 Å². The molecule has 3 nitrogen and oxygen atoms in total. The van der Waals surface area contributed by atoms with Gasteiger partial charge in [-0.1, -0.05) is 11.6 Å². The van der Waals surface area contributed by atoms with Crippen molar-refractivity contribution >= 4 is 27.5 Å². The number of hydrogen-bond donors (Lipinski definition) is 1. The first kappa shape index (κ1) is 10.5. The summed E-state index contributed by atoms with van der Waals surface area (Å²) >= 11 is 8.98. The van der Waals surface area contributed by atoms with E-state index in [1.807, 2.05) is 6.07 Å². The normalized spacial score (nSPS) is 12.2. The Morgan fingerprint density at radius 2 is 2.46 bits per heavy atom. The maximum absolute atomic E-state index is 8.46. The Kier molecular flexibility index (Phi) is 3.67. The second-order valence-electron chi connectivity index (χ2n) is 2.50. The van der Waals surface area contributed by atoms with E-state index < -0.39 is 0 Å². The molecular weight excluding hydrogens is 253 g/mol. The van der Waals surface area contributed by atoms with Crippen LogP contribution in [0.4, 0.5) is 0 Å². The Balaban J connectivity index is 3.00. The Labute approximate surface area is 89.6 Å². The zero-order chi connectivity index (χ0) is 9.84. The summed E-state index contributed by atoms with van der Waals surface area (Å²) in [5.41, 5.74) is 6.48. The largest absolute Gasteiger partial charge is 0.323 e. The first-order valence-electron chi connectivity index (χ1n) is 3.58. The lowest BCUT2D eigenvalue weighted by Gasteiger charge is -2.09. The molecule has 0 radical (unpaired) electrons. The van der Waals surface area contributed by atoms with Gasteiger partial charge in [0, 0.05) is 17.8 Å². The van der Waals surface area contributed by atoms with E-state index >= 15 is 0 Å². The maximum Gasteiger partial charge on any atom is 0.110 e. The number of nitriles is 1. The molecule has 0 aliphatic carbocycles. The Bertz CT molecular complexity index is 348. The van der Waals surface area contributed by atoms with Crippen molar-refractivity contribution in [1.82, 2.24) is 4.98 Å². The molecule has 1 atom stereocenters. The summed E-state index contributed by atoms with van der Waals surface area (Å²) < 4.78 is 0.639. The van der Waals surface area contributed by atoms with Gasteiger partial charge in [0.2, 0.25) is 0 Å². The van der Waals surface area contributed by atoms with E-state index in [1.54, 1.807) is 6.07 Å². The first-order chi connectivity index (χ1) is 6.15. The van der Waals surface area contributed by atoms with E-state index in [0.29, 0.717) is 9.63 Å². The highest BCUT2D eigenvalue weighted by Gasteiger charge is 2.10. The Morgan fingerprint density at radius 3 is 3.08 bits per heavy atom. The molecule has 0 amide bonds. The summed E-state index contributed by atoms with van der Waals surface area (Å²) in [5.74, 6) is 0. The minimum atomic E-state index is -0.342. The van der Waals surface area contributed by atoms with Crippen molar-refractivity contribution in [2.45, 2.75) is 12.5 Å². The molecule has 0 bridgehead atoms. The molecule has 1 heterocycles. The minimum absolute atomic E-state index is 0.251. The molecule has 13 heavy (non-hydrogen) atoms. The van der Waals surface area contributed by atoms with Crippen LogP contribution in [0.2, 0.25) is 5.02 Å². The van der Waals surface area contributed by atoms with Gasteiger partial charge < -0.3 is 5.73 Å². The van der Waals surface area contributed by atoms with Gasteiger partial charge in [-0.15, -0.1) is 0 Å². The highest BCUT2D eigenvalue weighted by atomic mass is 79.9. The predicted molar refractivity (Wildman–Crippen MR) is 54.1 cm³/mol. The van der Waals surface area contributed by atoms with Crippen LogP contribution in [0.15, 0.2) is 16.9 Å². The number of nitrogens with two attached hydrogens (primary N) is 1. The number of hydrogen-bond acceptors (Lipinski definition) is 3. The number of rotatable bonds is 2. The van der Waals surface area contributed by atoms with E-state index in [1.165, 1.54) is 6.20 Å². The number of nitrogens with zero attached hydrogens (tertiary/aromatic N) is 2. The van der Waals surface area contributed by atoms with Gasteiger partial charge in [-0.25, -0.2) is 4.98 Å². The van der Waals surface area contributed by atoms with Gasteiger partial charge in [0.05, 0.1) is 17.5 Å². The fourth-order valence-electron chi connectivity index (χ4n) is 0.907. The zero-order valence-electron chi connectivity index (χ0n) is 6.67. The summed E-state index contributed by atoms with van der Waals surface area (Å²) in [5, 5.41) is 8.98. The van der Waals surface area contributed by atoms with Crippen LogP contribution in [-0.2, 0) is 0 Å². The zero-order valence-corrected chi connectivity index (χ0v) is 9.01. The smallest absolute Gasteiger partial charge is 0.110 e. The van der Waals surface area contributed by atoms with E-state index in [4.69, 9.17) is 22.6 Å². The number of aromatic nitrogens is 1. The van der Waals surface area contributed by atoms with Crippen LogP contribution in [-0.4, -0.2) is 4.98 Å². The van der Waals surface area contributed by atoms with Gasteiger partial charge in [0.15, 0.2) is 0 Å². The molecule has 1 aromatic heterocycles. The lowest BCUT2D eigenvalue weighted by atomic mass is 10.1.